The normalized spacial score (nSPS) is 9.83. The Balaban J connectivity index is 2.31. The van der Waals surface area contributed by atoms with Gasteiger partial charge in [0.2, 0.25) is 5.95 Å². The summed E-state index contributed by atoms with van der Waals surface area (Å²) in [5.74, 6) is 0.840. The summed E-state index contributed by atoms with van der Waals surface area (Å²) in [7, 11) is 0. The van der Waals surface area contributed by atoms with Crippen molar-refractivity contribution in [2.75, 3.05) is 11.1 Å². The Morgan fingerprint density at radius 3 is 2.72 bits per heavy atom. The third kappa shape index (κ3) is 2.76. The molecule has 1 heterocycles. The molecule has 0 radical (unpaired) electrons. The zero-order chi connectivity index (χ0) is 13.1. The van der Waals surface area contributed by atoms with E-state index in [0.717, 1.165) is 15.9 Å². The van der Waals surface area contributed by atoms with Crippen LogP contribution in [0.15, 0.2) is 28.7 Å². The van der Waals surface area contributed by atoms with Gasteiger partial charge in [-0.1, -0.05) is 0 Å². The minimum absolute atomic E-state index is 0.224. The Hall–Kier alpha value is -2.13. The molecular formula is C12H10BrN5. The van der Waals surface area contributed by atoms with Crippen molar-refractivity contribution in [1.82, 2.24) is 9.97 Å². The predicted molar refractivity (Wildman–Crippen MR) is 73.3 cm³/mol. The highest BCUT2D eigenvalue weighted by atomic mass is 79.9. The van der Waals surface area contributed by atoms with Gasteiger partial charge in [-0.3, -0.25) is 0 Å². The molecule has 0 aliphatic heterocycles. The van der Waals surface area contributed by atoms with Crippen LogP contribution in [-0.4, -0.2) is 9.97 Å². The molecule has 0 spiro atoms. The Morgan fingerprint density at radius 2 is 2.11 bits per heavy atom. The Labute approximate surface area is 113 Å². The van der Waals surface area contributed by atoms with Crippen LogP contribution in [0.25, 0.3) is 0 Å². The Morgan fingerprint density at radius 1 is 1.33 bits per heavy atom. The van der Waals surface area contributed by atoms with Crippen LogP contribution in [0.2, 0.25) is 0 Å². The van der Waals surface area contributed by atoms with E-state index in [-0.39, 0.29) is 5.95 Å². The van der Waals surface area contributed by atoms with Gasteiger partial charge in [-0.25, -0.2) is 4.98 Å². The molecular weight excluding hydrogens is 294 g/mol. The molecule has 2 aromatic rings. The minimum Gasteiger partial charge on any atom is -0.368 e. The van der Waals surface area contributed by atoms with Gasteiger partial charge in [-0.15, -0.1) is 0 Å². The van der Waals surface area contributed by atoms with E-state index in [1.54, 1.807) is 24.3 Å². The number of anilines is 3. The summed E-state index contributed by atoms with van der Waals surface area (Å²) in [6.07, 6.45) is 0. The summed E-state index contributed by atoms with van der Waals surface area (Å²) in [6, 6.07) is 9.13. The lowest BCUT2D eigenvalue weighted by molar-refractivity contribution is 1.12. The number of nitrogen functional groups attached to an aromatic ring is 1. The molecule has 18 heavy (non-hydrogen) atoms. The fourth-order valence-electron chi connectivity index (χ4n) is 1.48. The van der Waals surface area contributed by atoms with Crippen molar-refractivity contribution in [3.05, 3.63) is 40.0 Å². The molecule has 1 aromatic carbocycles. The van der Waals surface area contributed by atoms with Crippen molar-refractivity contribution in [1.29, 1.82) is 5.26 Å². The molecule has 0 saturated carbocycles. The Bertz CT molecular complexity index is 613. The number of hydrogen-bond acceptors (Lipinski definition) is 5. The number of nitrogens with one attached hydrogen (secondary N) is 1. The van der Waals surface area contributed by atoms with E-state index in [1.807, 2.05) is 6.92 Å². The van der Waals surface area contributed by atoms with Gasteiger partial charge in [0.05, 0.1) is 17.3 Å². The maximum Gasteiger partial charge on any atom is 0.222 e. The molecule has 2 rings (SSSR count). The highest BCUT2D eigenvalue weighted by molar-refractivity contribution is 9.10. The second-order valence-corrected chi connectivity index (χ2v) is 4.54. The molecule has 5 nitrogen and oxygen atoms in total. The fraction of sp³-hybridized carbons (Fsp3) is 0.0833. The molecule has 0 bridgehead atoms. The molecule has 90 valence electrons. The van der Waals surface area contributed by atoms with Crippen molar-refractivity contribution in [2.24, 2.45) is 0 Å². The van der Waals surface area contributed by atoms with E-state index < -0.39 is 0 Å². The van der Waals surface area contributed by atoms with Crippen LogP contribution in [0, 0.1) is 18.3 Å². The molecule has 3 N–H and O–H groups in total. The van der Waals surface area contributed by atoms with E-state index in [4.69, 9.17) is 11.0 Å². The van der Waals surface area contributed by atoms with Gasteiger partial charge >= 0.3 is 0 Å². The van der Waals surface area contributed by atoms with Crippen LogP contribution in [0.5, 0.6) is 0 Å². The smallest absolute Gasteiger partial charge is 0.222 e. The number of halogens is 1. The summed E-state index contributed by atoms with van der Waals surface area (Å²) in [6.45, 7) is 1.84. The zero-order valence-corrected chi connectivity index (χ0v) is 11.2. The lowest BCUT2D eigenvalue weighted by Gasteiger charge is -2.08. The molecule has 0 fully saturated rings. The zero-order valence-electron chi connectivity index (χ0n) is 9.61. The van der Waals surface area contributed by atoms with E-state index in [2.05, 4.69) is 37.3 Å². The summed E-state index contributed by atoms with van der Waals surface area (Å²) < 4.78 is 0.788. The minimum atomic E-state index is 0.224. The fourth-order valence-corrected chi connectivity index (χ4v) is 1.96. The van der Waals surface area contributed by atoms with Crippen LogP contribution < -0.4 is 11.1 Å². The van der Waals surface area contributed by atoms with Crippen LogP contribution >= 0.6 is 15.9 Å². The highest BCUT2D eigenvalue weighted by Gasteiger charge is 2.04. The first-order chi connectivity index (χ1) is 8.58. The molecule has 6 heteroatoms. The number of nitrogens with zero attached hydrogens (tertiary/aromatic N) is 3. The molecule has 0 aliphatic rings. The highest BCUT2D eigenvalue weighted by Crippen LogP contribution is 2.26. The van der Waals surface area contributed by atoms with E-state index >= 15 is 0 Å². The number of aromatic nitrogens is 2. The first-order valence-corrected chi connectivity index (χ1v) is 5.95. The first-order valence-electron chi connectivity index (χ1n) is 5.16. The maximum absolute atomic E-state index is 8.79. The molecule has 0 atom stereocenters. The number of nitrogens with two attached hydrogens (primary N) is 1. The van der Waals surface area contributed by atoms with Crippen LogP contribution in [0.3, 0.4) is 0 Å². The van der Waals surface area contributed by atoms with Crippen molar-refractivity contribution >= 4 is 33.4 Å². The molecule has 0 saturated heterocycles. The van der Waals surface area contributed by atoms with Gasteiger partial charge in [0.1, 0.15) is 5.82 Å². The quantitative estimate of drug-likeness (QED) is 0.890. The van der Waals surface area contributed by atoms with Gasteiger partial charge in [0.25, 0.3) is 0 Å². The van der Waals surface area contributed by atoms with E-state index in [1.165, 1.54) is 0 Å². The van der Waals surface area contributed by atoms with Crippen molar-refractivity contribution in [2.45, 2.75) is 6.92 Å². The third-order valence-electron chi connectivity index (χ3n) is 2.23. The van der Waals surface area contributed by atoms with Gasteiger partial charge in [-0.05, 0) is 41.1 Å². The third-order valence-corrected chi connectivity index (χ3v) is 2.89. The molecule has 0 amide bonds. The van der Waals surface area contributed by atoms with Gasteiger partial charge < -0.3 is 11.1 Å². The predicted octanol–water partition coefficient (Wildman–Crippen LogP) is 2.75. The summed E-state index contributed by atoms with van der Waals surface area (Å²) in [4.78, 5) is 8.08. The number of aryl methyl sites for hydroxylation is 1. The molecule has 1 aromatic heterocycles. The van der Waals surface area contributed by atoms with Crippen LogP contribution in [0.1, 0.15) is 11.3 Å². The average Bonchev–Trinajstić information content (AvgIpc) is 2.30. The lowest BCUT2D eigenvalue weighted by Crippen LogP contribution is -2.01. The second-order valence-electron chi connectivity index (χ2n) is 3.68. The van der Waals surface area contributed by atoms with Crippen molar-refractivity contribution in [3.8, 4) is 6.07 Å². The first kappa shape index (κ1) is 12.3. The molecule has 0 aliphatic carbocycles. The van der Waals surface area contributed by atoms with E-state index in [0.29, 0.717) is 11.4 Å². The largest absolute Gasteiger partial charge is 0.368 e. The van der Waals surface area contributed by atoms with Gasteiger partial charge in [0.15, 0.2) is 0 Å². The van der Waals surface area contributed by atoms with Crippen LogP contribution in [-0.2, 0) is 0 Å². The number of hydrogen-bond donors (Lipinski definition) is 2. The van der Waals surface area contributed by atoms with Gasteiger partial charge in [-0.2, -0.15) is 10.2 Å². The van der Waals surface area contributed by atoms with Gasteiger partial charge in [0, 0.05) is 16.2 Å². The SMILES string of the molecule is Cc1cc(Nc2ccc(C#N)cc2Br)nc(N)n1. The summed E-state index contributed by atoms with van der Waals surface area (Å²) in [5, 5.41) is 11.9. The average molecular weight is 304 g/mol. The van der Waals surface area contributed by atoms with E-state index in [9.17, 15) is 0 Å². The number of benzene rings is 1. The lowest BCUT2D eigenvalue weighted by atomic mass is 10.2. The number of rotatable bonds is 2. The molecule has 0 unspecified atom stereocenters. The number of nitriles is 1. The Kier molecular flexibility index (Phi) is 3.44. The monoisotopic (exact) mass is 303 g/mol. The summed E-state index contributed by atoms with van der Waals surface area (Å²) in [5.41, 5.74) is 7.77. The standard InChI is InChI=1S/C12H10BrN5/c1-7-4-11(18-12(15)16-7)17-10-3-2-8(6-14)5-9(10)13/h2-5H,1H3,(H3,15,16,17,18). The second kappa shape index (κ2) is 5.02. The van der Waals surface area contributed by atoms with Crippen molar-refractivity contribution in [3.63, 3.8) is 0 Å². The maximum atomic E-state index is 8.79. The van der Waals surface area contributed by atoms with Crippen LogP contribution in [0.4, 0.5) is 17.5 Å². The van der Waals surface area contributed by atoms with Crippen molar-refractivity contribution < 1.29 is 0 Å². The summed E-state index contributed by atoms with van der Waals surface area (Å²) >= 11 is 3.39. The topological polar surface area (TPSA) is 87.6 Å².